The molecule has 1 saturated carbocycles. The fraction of sp³-hybridized carbons (Fsp3) is 0.682. The Balaban J connectivity index is 1.75. The normalized spacial score (nSPS) is 36.9. The Morgan fingerprint density at radius 2 is 2.15 bits per heavy atom. The van der Waals surface area contributed by atoms with E-state index in [1.165, 1.54) is 18.4 Å². The van der Waals surface area contributed by atoms with Gasteiger partial charge in [0.05, 0.1) is 12.8 Å². The first-order chi connectivity index (χ1) is 13.1. The van der Waals surface area contributed by atoms with Gasteiger partial charge in [-0.25, -0.2) is 0 Å². The third kappa shape index (κ3) is 2.05. The monoisotopic (exact) mass is 370 g/mol. The summed E-state index contributed by atoms with van der Waals surface area (Å²) in [6.45, 7) is 4.19. The zero-order chi connectivity index (χ0) is 18.8. The third-order valence-electron chi connectivity index (χ3n) is 8.10. The zero-order valence-corrected chi connectivity index (χ0v) is 16.4. The van der Waals surface area contributed by atoms with E-state index in [2.05, 4.69) is 21.9 Å². The van der Waals surface area contributed by atoms with Crippen molar-refractivity contribution in [3.8, 4) is 5.75 Å². The highest BCUT2D eigenvalue weighted by atomic mass is 16.5. The van der Waals surface area contributed by atoms with Gasteiger partial charge in [0.15, 0.2) is 0 Å². The van der Waals surface area contributed by atoms with Crippen LogP contribution in [0, 0.1) is 5.41 Å². The van der Waals surface area contributed by atoms with E-state index in [-0.39, 0.29) is 29.4 Å². The number of fused-ring (bicyclic) bond motifs is 1. The average Bonchev–Trinajstić information content (AvgIpc) is 3.20. The van der Waals surface area contributed by atoms with Crippen molar-refractivity contribution < 1.29 is 14.6 Å². The number of carbonyl (C=O) groups excluding carboxylic acids is 1. The first-order valence-electron chi connectivity index (χ1n) is 10.4. The fourth-order valence-corrected chi connectivity index (χ4v) is 7.43. The maximum atomic E-state index is 12.8. The minimum Gasteiger partial charge on any atom is -0.495 e. The van der Waals surface area contributed by atoms with Gasteiger partial charge in [-0.15, -0.1) is 0 Å². The molecule has 0 radical (unpaired) electrons. The number of piperidine rings is 1. The summed E-state index contributed by atoms with van der Waals surface area (Å²) in [5, 5.41) is 9.90. The number of para-hydroxylation sites is 1. The number of carbonyl (C=O) groups is 1. The molecule has 1 aromatic rings. The largest absolute Gasteiger partial charge is 0.495 e. The maximum Gasteiger partial charge on any atom is 0.224 e. The highest BCUT2D eigenvalue weighted by Crippen LogP contribution is 2.66. The van der Waals surface area contributed by atoms with E-state index < -0.39 is 0 Å². The van der Waals surface area contributed by atoms with Crippen molar-refractivity contribution in [1.29, 1.82) is 0 Å². The second-order valence-corrected chi connectivity index (χ2v) is 8.97. The number of benzene rings is 1. The van der Waals surface area contributed by atoms with Crippen LogP contribution in [0.2, 0.25) is 0 Å². The van der Waals surface area contributed by atoms with Crippen LogP contribution < -0.4 is 9.64 Å². The van der Waals surface area contributed by atoms with Crippen LogP contribution in [0.25, 0.3) is 0 Å². The first kappa shape index (κ1) is 17.5. The Labute approximate surface area is 161 Å². The molecule has 5 heteroatoms. The molecule has 27 heavy (non-hydrogen) atoms. The van der Waals surface area contributed by atoms with Crippen molar-refractivity contribution in [3.63, 3.8) is 0 Å². The molecule has 2 saturated heterocycles. The minimum atomic E-state index is -0.0244. The molecule has 0 aromatic heterocycles. The Bertz CT molecular complexity index is 777. The number of hydrogen-bond acceptors (Lipinski definition) is 4. The second kappa shape index (κ2) is 5.95. The molecule has 1 N–H and O–H groups in total. The molecule has 1 amide bonds. The van der Waals surface area contributed by atoms with Crippen molar-refractivity contribution in [2.45, 2.75) is 62.9 Å². The molecule has 5 nitrogen and oxygen atoms in total. The molecule has 0 bridgehead atoms. The molecule has 1 aromatic carbocycles. The Morgan fingerprint density at radius 3 is 2.89 bits per heavy atom. The SMILES string of the molecule is COc1cccc2c1N(C(C)=O)[C@@H]1CC[C@]3(CCO)CCCN4CC[C@@]21[C@@H]43. The number of aliphatic hydroxyl groups excluding tert-OH is 1. The number of methoxy groups -OCH3 is 1. The number of aliphatic hydroxyl groups is 1. The highest BCUT2D eigenvalue weighted by Gasteiger charge is 2.68. The molecule has 3 fully saturated rings. The van der Waals surface area contributed by atoms with Crippen LogP contribution in [-0.2, 0) is 10.2 Å². The average molecular weight is 370 g/mol. The molecular formula is C22H30N2O3. The van der Waals surface area contributed by atoms with Crippen LogP contribution in [-0.4, -0.2) is 54.8 Å². The lowest BCUT2D eigenvalue weighted by Crippen LogP contribution is -2.65. The van der Waals surface area contributed by atoms with Crippen molar-refractivity contribution in [3.05, 3.63) is 23.8 Å². The van der Waals surface area contributed by atoms with Crippen LogP contribution >= 0.6 is 0 Å². The van der Waals surface area contributed by atoms with Gasteiger partial charge in [0.25, 0.3) is 0 Å². The molecular weight excluding hydrogens is 340 g/mol. The number of hydrogen-bond donors (Lipinski definition) is 1. The van der Waals surface area contributed by atoms with Gasteiger partial charge >= 0.3 is 0 Å². The summed E-state index contributed by atoms with van der Waals surface area (Å²) in [6.07, 6.45) is 6.51. The number of anilines is 1. The van der Waals surface area contributed by atoms with Gasteiger partial charge in [-0.3, -0.25) is 9.69 Å². The van der Waals surface area contributed by atoms with Gasteiger partial charge in [-0.2, -0.15) is 0 Å². The summed E-state index contributed by atoms with van der Waals surface area (Å²) in [7, 11) is 1.70. The minimum absolute atomic E-state index is 0.0244. The van der Waals surface area contributed by atoms with Crippen molar-refractivity contribution in [2.75, 3.05) is 31.7 Å². The van der Waals surface area contributed by atoms with E-state index >= 15 is 0 Å². The summed E-state index contributed by atoms with van der Waals surface area (Å²) in [6, 6.07) is 6.93. The van der Waals surface area contributed by atoms with Gasteiger partial charge in [0, 0.05) is 31.0 Å². The predicted octanol–water partition coefficient (Wildman–Crippen LogP) is 2.70. The predicted molar refractivity (Wildman–Crippen MR) is 104 cm³/mol. The Hall–Kier alpha value is -1.59. The van der Waals surface area contributed by atoms with E-state index in [4.69, 9.17) is 4.74 Å². The van der Waals surface area contributed by atoms with E-state index in [9.17, 15) is 9.90 Å². The lowest BCUT2D eigenvalue weighted by atomic mass is 9.52. The summed E-state index contributed by atoms with van der Waals surface area (Å²) in [5.74, 6) is 0.931. The van der Waals surface area contributed by atoms with E-state index in [1.807, 2.05) is 6.07 Å². The Kier molecular flexibility index (Phi) is 3.86. The zero-order valence-electron chi connectivity index (χ0n) is 16.4. The smallest absolute Gasteiger partial charge is 0.224 e. The topological polar surface area (TPSA) is 53.0 Å². The molecule has 0 unspecified atom stereocenters. The van der Waals surface area contributed by atoms with Crippen molar-refractivity contribution in [2.24, 2.45) is 5.41 Å². The molecule has 1 aliphatic carbocycles. The highest BCUT2D eigenvalue weighted by molar-refractivity contribution is 5.98. The van der Waals surface area contributed by atoms with Crippen LogP contribution in [0.1, 0.15) is 51.0 Å². The van der Waals surface area contributed by atoms with Crippen molar-refractivity contribution >= 4 is 11.6 Å². The second-order valence-electron chi connectivity index (χ2n) is 8.97. The lowest BCUT2D eigenvalue weighted by Gasteiger charge is -2.58. The Morgan fingerprint density at radius 1 is 1.30 bits per heavy atom. The standard InChI is InChI=1S/C22H30N2O3/c1-15(26)24-18-7-9-21(11-14-25)8-4-12-23-13-10-22(18,20(21)23)16-5-3-6-17(27-2)19(16)24/h3,5-6,18,20,25H,4,7-14H2,1-2H3/t18-,20+,21+,22-/m1/s1. The van der Waals surface area contributed by atoms with Gasteiger partial charge in [0.2, 0.25) is 5.91 Å². The first-order valence-corrected chi connectivity index (χ1v) is 10.4. The van der Waals surface area contributed by atoms with Crippen LogP contribution in [0.4, 0.5) is 5.69 Å². The summed E-state index contributed by atoms with van der Waals surface area (Å²) < 4.78 is 5.71. The van der Waals surface area contributed by atoms with Crippen molar-refractivity contribution in [1.82, 2.24) is 4.90 Å². The molecule has 4 aliphatic rings. The lowest BCUT2D eigenvalue weighted by molar-refractivity contribution is -0.118. The van der Waals surface area contributed by atoms with E-state index in [0.29, 0.717) is 6.04 Å². The maximum absolute atomic E-state index is 12.8. The number of amides is 1. The quantitative estimate of drug-likeness (QED) is 0.889. The van der Waals surface area contributed by atoms with Gasteiger partial charge in [0.1, 0.15) is 5.75 Å². The summed E-state index contributed by atoms with van der Waals surface area (Å²) in [5.41, 5.74) is 2.46. The molecule has 4 atom stereocenters. The fourth-order valence-electron chi connectivity index (χ4n) is 7.43. The van der Waals surface area contributed by atoms with Gasteiger partial charge < -0.3 is 14.7 Å². The summed E-state index contributed by atoms with van der Waals surface area (Å²) >= 11 is 0. The summed E-state index contributed by atoms with van der Waals surface area (Å²) in [4.78, 5) is 17.5. The van der Waals surface area contributed by atoms with Crippen LogP contribution in [0.15, 0.2) is 18.2 Å². The van der Waals surface area contributed by atoms with E-state index in [0.717, 1.165) is 50.2 Å². The number of rotatable bonds is 3. The molecule has 3 aliphatic heterocycles. The van der Waals surface area contributed by atoms with E-state index in [1.54, 1.807) is 14.0 Å². The molecule has 3 heterocycles. The number of ether oxygens (including phenoxy) is 1. The molecule has 1 spiro atoms. The third-order valence-corrected chi connectivity index (χ3v) is 8.10. The molecule has 146 valence electrons. The number of nitrogens with zero attached hydrogens (tertiary/aromatic N) is 2. The van der Waals surface area contributed by atoms with Crippen LogP contribution in [0.5, 0.6) is 5.75 Å². The van der Waals surface area contributed by atoms with Gasteiger partial charge in [-0.05, 0) is 68.7 Å². The van der Waals surface area contributed by atoms with Crippen LogP contribution in [0.3, 0.4) is 0 Å². The molecule has 5 rings (SSSR count). The van der Waals surface area contributed by atoms with Gasteiger partial charge in [-0.1, -0.05) is 12.1 Å².